The van der Waals surface area contributed by atoms with Gasteiger partial charge in [-0.25, -0.2) is 4.98 Å². The Kier molecular flexibility index (Phi) is 5.74. The number of nitrogens with one attached hydrogen (secondary N) is 2. The van der Waals surface area contributed by atoms with Crippen molar-refractivity contribution in [3.8, 4) is 11.3 Å². The maximum atomic E-state index is 11.9. The minimum atomic E-state index is -0.00621. The number of thiazole rings is 1. The van der Waals surface area contributed by atoms with Gasteiger partial charge in [0.1, 0.15) is 0 Å². The molecular weight excluding hydrogens is 310 g/mol. The number of hydrogen-bond donors (Lipinski definition) is 2. The Labute approximate surface area is 140 Å². The molecule has 122 valence electrons. The van der Waals surface area contributed by atoms with E-state index in [0.717, 1.165) is 35.8 Å². The largest absolute Gasteiger partial charge is 0.375 e. The molecule has 1 saturated heterocycles. The molecule has 23 heavy (non-hydrogen) atoms. The molecule has 0 unspecified atom stereocenters. The Morgan fingerprint density at radius 1 is 1.39 bits per heavy atom. The Morgan fingerprint density at radius 3 is 3.04 bits per heavy atom. The second-order valence-electron chi connectivity index (χ2n) is 5.49. The van der Waals surface area contributed by atoms with Gasteiger partial charge < -0.3 is 15.4 Å². The monoisotopic (exact) mass is 331 g/mol. The summed E-state index contributed by atoms with van der Waals surface area (Å²) in [6.45, 7) is 2.91. The molecule has 3 rings (SSSR count). The van der Waals surface area contributed by atoms with Crippen LogP contribution >= 0.6 is 11.3 Å². The lowest BCUT2D eigenvalue weighted by atomic mass is 10.2. The predicted octanol–water partition coefficient (Wildman–Crippen LogP) is 1.85. The maximum Gasteiger partial charge on any atom is 0.222 e. The molecule has 1 aromatic heterocycles. The average molecular weight is 331 g/mol. The van der Waals surface area contributed by atoms with Crippen LogP contribution in [0, 0.1) is 0 Å². The first-order valence-corrected chi connectivity index (χ1v) is 8.78. The van der Waals surface area contributed by atoms with Gasteiger partial charge in [0.15, 0.2) is 0 Å². The SMILES string of the molecule is O=C(C[C@H]1CNCCO1)NCCc1nc(-c2ccccc2)cs1. The Morgan fingerprint density at radius 2 is 2.26 bits per heavy atom. The molecule has 1 amide bonds. The number of carbonyl (C=O) groups excluding carboxylic acids is 1. The molecule has 0 bridgehead atoms. The van der Waals surface area contributed by atoms with E-state index >= 15 is 0 Å². The van der Waals surface area contributed by atoms with Gasteiger partial charge >= 0.3 is 0 Å². The quantitative estimate of drug-likeness (QED) is 0.848. The molecule has 5 nitrogen and oxygen atoms in total. The number of nitrogens with zero attached hydrogens (tertiary/aromatic N) is 1. The summed E-state index contributed by atoms with van der Waals surface area (Å²) in [6.07, 6.45) is 1.17. The highest BCUT2D eigenvalue weighted by Crippen LogP contribution is 2.21. The number of ether oxygens (including phenoxy) is 1. The first-order chi connectivity index (χ1) is 11.3. The lowest BCUT2D eigenvalue weighted by Gasteiger charge is -2.22. The van der Waals surface area contributed by atoms with Gasteiger partial charge in [-0.05, 0) is 0 Å². The summed E-state index contributed by atoms with van der Waals surface area (Å²) in [5.74, 6) is 0.0403. The number of carbonyl (C=O) groups is 1. The maximum absolute atomic E-state index is 11.9. The lowest BCUT2D eigenvalue weighted by molar-refractivity contribution is -0.124. The van der Waals surface area contributed by atoms with E-state index in [1.807, 2.05) is 18.2 Å². The van der Waals surface area contributed by atoms with Crippen LogP contribution in [0.4, 0.5) is 0 Å². The molecule has 0 saturated carbocycles. The van der Waals surface area contributed by atoms with Crippen molar-refractivity contribution in [2.24, 2.45) is 0 Å². The molecule has 1 fully saturated rings. The van der Waals surface area contributed by atoms with Gasteiger partial charge in [0.2, 0.25) is 5.91 Å². The van der Waals surface area contributed by atoms with E-state index in [1.165, 1.54) is 0 Å². The van der Waals surface area contributed by atoms with Crippen LogP contribution in [-0.2, 0) is 16.0 Å². The van der Waals surface area contributed by atoms with Crippen LogP contribution in [0.5, 0.6) is 0 Å². The zero-order valence-electron chi connectivity index (χ0n) is 13.0. The van der Waals surface area contributed by atoms with Gasteiger partial charge in [0, 0.05) is 37.0 Å². The molecule has 2 heterocycles. The van der Waals surface area contributed by atoms with Crippen LogP contribution in [0.2, 0.25) is 0 Å². The van der Waals surface area contributed by atoms with Crippen LogP contribution in [0.25, 0.3) is 11.3 Å². The van der Waals surface area contributed by atoms with Gasteiger partial charge in [-0.2, -0.15) is 0 Å². The summed E-state index contributed by atoms with van der Waals surface area (Å²) < 4.78 is 5.53. The number of hydrogen-bond acceptors (Lipinski definition) is 5. The van der Waals surface area contributed by atoms with E-state index in [9.17, 15) is 4.79 Å². The Hall–Kier alpha value is -1.76. The zero-order valence-corrected chi connectivity index (χ0v) is 13.8. The molecule has 1 atom stereocenters. The average Bonchev–Trinajstić information content (AvgIpc) is 3.05. The molecule has 6 heteroatoms. The summed E-state index contributed by atoms with van der Waals surface area (Å²) >= 11 is 1.63. The molecular formula is C17H21N3O2S. The highest BCUT2D eigenvalue weighted by molar-refractivity contribution is 7.09. The zero-order chi connectivity index (χ0) is 15.9. The van der Waals surface area contributed by atoms with E-state index in [-0.39, 0.29) is 12.0 Å². The van der Waals surface area contributed by atoms with Crippen molar-refractivity contribution >= 4 is 17.2 Å². The van der Waals surface area contributed by atoms with Gasteiger partial charge in [0.25, 0.3) is 0 Å². The van der Waals surface area contributed by atoms with E-state index in [0.29, 0.717) is 19.6 Å². The van der Waals surface area contributed by atoms with Gasteiger partial charge in [-0.1, -0.05) is 30.3 Å². The minimum Gasteiger partial charge on any atom is -0.375 e. The standard InChI is InChI=1S/C17H21N3O2S/c21-16(10-14-11-18-8-9-22-14)19-7-6-17-20-15(12-23-17)13-4-2-1-3-5-13/h1-5,12,14,18H,6-11H2,(H,19,21)/t14-/m0/s1. The number of amides is 1. The summed E-state index contributed by atoms with van der Waals surface area (Å²) in [5, 5.41) is 9.28. The molecule has 2 N–H and O–H groups in total. The topological polar surface area (TPSA) is 63.2 Å². The fourth-order valence-electron chi connectivity index (χ4n) is 2.51. The van der Waals surface area contributed by atoms with E-state index in [2.05, 4.69) is 33.1 Å². The van der Waals surface area contributed by atoms with Crippen molar-refractivity contribution in [1.29, 1.82) is 0 Å². The highest BCUT2D eigenvalue weighted by Gasteiger charge is 2.17. The number of morpholine rings is 1. The molecule has 0 spiro atoms. The first kappa shape index (κ1) is 16.1. The minimum absolute atomic E-state index is 0.00621. The second-order valence-corrected chi connectivity index (χ2v) is 6.44. The second kappa shape index (κ2) is 8.19. The molecule has 0 aliphatic carbocycles. The van der Waals surface area contributed by atoms with Gasteiger partial charge in [0.05, 0.1) is 29.8 Å². The summed E-state index contributed by atoms with van der Waals surface area (Å²) in [5.41, 5.74) is 2.12. The third-order valence-electron chi connectivity index (χ3n) is 3.70. The molecule has 1 aromatic carbocycles. The molecule has 1 aliphatic rings. The number of benzene rings is 1. The number of aromatic nitrogens is 1. The molecule has 1 aliphatic heterocycles. The fraction of sp³-hybridized carbons (Fsp3) is 0.412. The van der Waals surface area contributed by atoms with Crippen LogP contribution in [0.1, 0.15) is 11.4 Å². The smallest absolute Gasteiger partial charge is 0.222 e. The lowest BCUT2D eigenvalue weighted by Crippen LogP contribution is -2.41. The first-order valence-electron chi connectivity index (χ1n) is 7.90. The van der Waals surface area contributed by atoms with Crippen molar-refractivity contribution in [1.82, 2.24) is 15.6 Å². The summed E-state index contributed by atoms with van der Waals surface area (Å²) in [4.78, 5) is 16.5. The van der Waals surface area contributed by atoms with Crippen LogP contribution in [0.3, 0.4) is 0 Å². The third-order valence-corrected chi connectivity index (χ3v) is 4.61. The fourth-order valence-corrected chi connectivity index (χ4v) is 3.31. The van der Waals surface area contributed by atoms with Crippen molar-refractivity contribution < 1.29 is 9.53 Å². The molecule has 2 aromatic rings. The van der Waals surface area contributed by atoms with Crippen molar-refractivity contribution in [3.63, 3.8) is 0 Å². The normalized spacial score (nSPS) is 17.8. The van der Waals surface area contributed by atoms with Crippen molar-refractivity contribution in [2.45, 2.75) is 18.9 Å². The summed E-state index contributed by atoms with van der Waals surface area (Å²) in [6, 6.07) is 10.1. The van der Waals surface area contributed by atoms with Gasteiger partial charge in [-0.15, -0.1) is 11.3 Å². The highest BCUT2D eigenvalue weighted by atomic mass is 32.1. The van der Waals surface area contributed by atoms with E-state index in [1.54, 1.807) is 11.3 Å². The van der Waals surface area contributed by atoms with Crippen LogP contribution < -0.4 is 10.6 Å². The number of rotatable bonds is 6. The van der Waals surface area contributed by atoms with Gasteiger partial charge in [-0.3, -0.25) is 4.79 Å². The summed E-state index contributed by atoms with van der Waals surface area (Å²) in [7, 11) is 0. The van der Waals surface area contributed by atoms with Crippen LogP contribution in [-0.4, -0.2) is 43.2 Å². The van der Waals surface area contributed by atoms with Crippen molar-refractivity contribution in [2.75, 3.05) is 26.2 Å². The third kappa shape index (κ3) is 4.86. The predicted molar refractivity (Wildman–Crippen MR) is 91.5 cm³/mol. The Bertz CT molecular complexity index is 624. The van der Waals surface area contributed by atoms with Crippen LogP contribution in [0.15, 0.2) is 35.7 Å². The van der Waals surface area contributed by atoms with E-state index < -0.39 is 0 Å². The molecule has 0 radical (unpaired) electrons. The van der Waals surface area contributed by atoms with E-state index in [4.69, 9.17) is 4.74 Å². The van der Waals surface area contributed by atoms with Crippen molar-refractivity contribution in [3.05, 3.63) is 40.7 Å². The Balaban J connectivity index is 1.42.